The normalized spacial score (nSPS) is 14.4. The maximum Gasteiger partial charge on any atom is 0.211 e. The molecular weight excluding hydrogens is 228 g/mol. The molecule has 96 valence electrons. The van der Waals surface area contributed by atoms with Gasteiger partial charge in [0.15, 0.2) is 0 Å². The minimum Gasteiger partial charge on any atom is -0.508 e. The summed E-state index contributed by atoms with van der Waals surface area (Å²) in [6.45, 7) is 5.86. The van der Waals surface area contributed by atoms with Gasteiger partial charge in [-0.2, -0.15) is 0 Å². The molecule has 4 nitrogen and oxygen atoms in total. The third-order valence-corrected chi connectivity index (χ3v) is 2.91. The van der Waals surface area contributed by atoms with E-state index in [4.69, 9.17) is 4.42 Å². The number of rotatable bonds is 4. The van der Waals surface area contributed by atoms with Gasteiger partial charge in [-0.15, -0.1) is 0 Å². The van der Waals surface area contributed by atoms with Crippen LogP contribution in [-0.2, 0) is 0 Å². The summed E-state index contributed by atoms with van der Waals surface area (Å²) in [6, 6.07) is 7.33. The summed E-state index contributed by atoms with van der Waals surface area (Å²) in [5, 5.41) is 13.1. The average Bonchev–Trinajstić information content (AvgIpc) is 2.76. The molecule has 18 heavy (non-hydrogen) atoms. The van der Waals surface area contributed by atoms with E-state index in [1.54, 1.807) is 12.3 Å². The molecule has 2 N–H and O–H groups in total. The van der Waals surface area contributed by atoms with Crippen molar-refractivity contribution >= 4 is 0 Å². The molecule has 0 aliphatic carbocycles. The molecule has 0 amide bonds. The molecule has 0 fully saturated rings. The molecule has 4 heteroatoms. The van der Waals surface area contributed by atoms with E-state index in [1.807, 2.05) is 39.0 Å². The second-order valence-corrected chi connectivity index (χ2v) is 4.48. The van der Waals surface area contributed by atoms with Gasteiger partial charge in [-0.05, 0) is 26.8 Å². The fourth-order valence-electron chi connectivity index (χ4n) is 1.96. The Balaban J connectivity index is 2.08. The lowest BCUT2D eigenvalue weighted by atomic mass is 10.1. The van der Waals surface area contributed by atoms with Gasteiger partial charge in [0.05, 0.1) is 12.2 Å². The van der Waals surface area contributed by atoms with Crippen molar-refractivity contribution in [3.05, 3.63) is 47.7 Å². The van der Waals surface area contributed by atoms with Crippen LogP contribution in [0.15, 0.2) is 34.9 Å². The number of hydrogen-bond acceptors (Lipinski definition) is 4. The molecule has 2 rings (SSSR count). The van der Waals surface area contributed by atoms with Crippen molar-refractivity contribution in [2.75, 3.05) is 0 Å². The first-order valence-electron chi connectivity index (χ1n) is 6.04. The number of phenols is 1. The number of hydrogen-bond donors (Lipinski definition) is 2. The molecule has 0 aliphatic rings. The van der Waals surface area contributed by atoms with E-state index in [0.717, 1.165) is 11.3 Å². The number of aromatic nitrogens is 1. The van der Waals surface area contributed by atoms with Gasteiger partial charge in [0.25, 0.3) is 0 Å². The van der Waals surface area contributed by atoms with Crippen LogP contribution in [-0.4, -0.2) is 10.1 Å². The minimum absolute atomic E-state index is 0.00620. The maximum atomic E-state index is 9.79. The standard InChI is InChI=1S/C14H18N2O2/c1-9-8-15-14(18-9)11(3)16-10(2)12-6-4-5-7-13(12)17/h4-8,10-11,16-17H,1-3H3. The first-order chi connectivity index (χ1) is 8.58. The molecule has 0 bridgehead atoms. The van der Waals surface area contributed by atoms with Crippen molar-refractivity contribution in [2.24, 2.45) is 0 Å². The Morgan fingerprint density at radius 3 is 2.56 bits per heavy atom. The Morgan fingerprint density at radius 1 is 1.22 bits per heavy atom. The number of aromatic hydroxyl groups is 1. The molecule has 0 saturated heterocycles. The molecule has 2 aromatic rings. The van der Waals surface area contributed by atoms with Crippen LogP contribution in [0.3, 0.4) is 0 Å². The third-order valence-electron chi connectivity index (χ3n) is 2.91. The van der Waals surface area contributed by atoms with Gasteiger partial charge in [0.2, 0.25) is 5.89 Å². The van der Waals surface area contributed by atoms with Gasteiger partial charge in [0.1, 0.15) is 11.5 Å². The number of nitrogens with one attached hydrogen (secondary N) is 1. The Labute approximate surface area is 107 Å². The molecule has 0 radical (unpaired) electrons. The van der Waals surface area contributed by atoms with Crippen molar-refractivity contribution < 1.29 is 9.52 Å². The fraction of sp³-hybridized carbons (Fsp3) is 0.357. The van der Waals surface area contributed by atoms with Crippen LogP contribution in [0.4, 0.5) is 0 Å². The summed E-state index contributed by atoms with van der Waals surface area (Å²) in [4.78, 5) is 4.19. The molecule has 0 saturated carbocycles. The van der Waals surface area contributed by atoms with Crippen molar-refractivity contribution in [3.8, 4) is 5.75 Å². The van der Waals surface area contributed by atoms with Gasteiger partial charge in [-0.3, -0.25) is 5.32 Å². The lowest BCUT2D eigenvalue weighted by Crippen LogP contribution is -2.22. The highest BCUT2D eigenvalue weighted by molar-refractivity contribution is 5.34. The zero-order chi connectivity index (χ0) is 13.1. The monoisotopic (exact) mass is 246 g/mol. The molecule has 0 aliphatic heterocycles. The number of aryl methyl sites for hydroxylation is 1. The minimum atomic E-state index is -0.00620. The van der Waals surface area contributed by atoms with E-state index in [9.17, 15) is 5.11 Å². The Hall–Kier alpha value is -1.81. The van der Waals surface area contributed by atoms with E-state index in [-0.39, 0.29) is 12.1 Å². The van der Waals surface area contributed by atoms with Crippen LogP contribution in [0, 0.1) is 6.92 Å². The zero-order valence-electron chi connectivity index (χ0n) is 10.8. The molecule has 1 heterocycles. The number of phenolic OH excluding ortho intramolecular Hbond substituents is 1. The van der Waals surface area contributed by atoms with E-state index in [2.05, 4.69) is 10.3 Å². The predicted octanol–water partition coefficient (Wildman–Crippen LogP) is 3.10. The van der Waals surface area contributed by atoms with E-state index in [1.165, 1.54) is 0 Å². The number of oxazole rings is 1. The molecule has 1 aromatic heterocycles. The smallest absolute Gasteiger partial charge is 0.211 e. The summed E-state index contributed by atoms with van der Waals surface area (Å²) in [7, 11) is 0. The number of para-hydroxylation sites is 1. The van der Waals surface area contributed by atoms with E-state index >= 15 is 0 Å². The summed E-state index contributed by atoms with van der Waals surface area (Å²) >= 11 is 0. The van der Waals surface area contributed by atoms with Crippen LogP contribution in [0.2, 0.25) is 0 Å². The first-order valence-corrected chi connectivity index (χ1v) is 6.04. The van der Waals surface area contributed by atoms with E-state index < -0.39 is 0 Å². The summed E-state index contributed by atoms with van der Waals surface area (Å²) in [6.07, 6.45) is 1.71. The third kappa shape index (κ3) is 2.71. The predicted molar refractivity (Wildman–Crippen MR) is 69.3 cm³/mol. The van der Waals surface area contributed by atoms with Crippen molar-refractivity contribution in [1.82, 2.24) is 10.3 Å². The van der Waals surface area contributed by atoms with Crippen LogP contribution in [0.1, 0.15) is 43.1 Å². The highest BCUT2D eigenvalue weighted by Gasteiger charge is 2.16. The Morgan fingerprint density at radius 2 is 1.94 bits per heavy atom. The van der Waals surface area contributed by atoms with Gasteiger partial charge in [-0.1, -0.05) is 18.2 Å². The molecule has 0 spiro atoms. The van der Waals surface area contributed by atoms with Crippen LogP contribution in [0.5, 0.6) is 5.75 Å². The van der Waals surface area contributed by atoms with Crippen molar-refractivity contribution in [2.45, 2.75) is 32.9 Å². The number of nitrogens with zero attached hydrogens (tertiary/aromatic N) is 1. The zero-order valence-corrected chi connectivity index (χ0v) is 10.8. The highest BCUT2D eigenvalue weighted by Crippen LogP contribution is 2.25. The molecule has 2 atom stereocenters. The fourth-order valence-corrected chi connectivity index (χ4v) is 1.96. The van der Waals surface area contributed by atoms with Crippen molar-refractivity contribution in [3.63, 3.8) is 0 Å². The van der Waals surface area contributed by atoms with E-state index in [0.29, 0.717) is 11.6 Å². The summed E-state index contributed by atoms with van der Waals surface area (Å²) < 4.78 is 5.48. The SMILES string of the molecule is Cc1cnc(C(C)NC(C)c2ccccc2O)o1. The lowest BCUT2D eigenvalue weighted by molar-refractivity contribution is 0.374. The number of benzene rings is 1. The quantitative estimate of drug-likeness (QED) is 0.870. The average molecular weight is 246 g/mol. The Bertz CT molecular complexity index is 522. The van der Waals surface area contributed by atoms with Gasteiger partial charge >= 0.3 is 0 Å². The second kappa shape index (κ2) is 5.23. The molecule has 1 aromatic carbocycles. The van der Waals surface area contributed by atoms with Gasteiger partial charge in [-0.25, -0.2) is 4.98 Å². The Kier molecular flexibility index (Phi) is 3.67. The van der Waals surface area contributed by atoms with Gasteiger partial charge in [0, 0.05) is 11.6 Å². The lowest BCUT2D eigenvalue weighted by Gasteiger charge is -2.19. The van der Waals surface area contributed by atoms with Crippen LogP contribution in [0.25, 0.3) is 0 Å². The van der Waals surface area contributed by atoms with Crippen molar-refractivity contribution in [1.29, 1.82) is 0 Å². The van der Waals surface area contributed by atoms with Crippen LogP contribution < -0.4 is 5.32 Å². The first kappa shape index (κ1) is 12.6. The summed E-state index contributed by atoms with van der Waals surface area (Å²) in [5.41, 5.74) is 0.868. The highest BCUT2D eigenvalue weighted by atomic mass is 16.4. The second-order valence-electron chi connectivity index (χ2n) is 4.48. The molecular formula is C14H18N2O2. The summed E-state index contributed by atoms with van der Waals surface area (Å²) in [5.74, 6) is 1.76. The topological polar surface area (TPSA) is 58.3 Å². The van der Waals surface area contributed by atoms with Crippen LogP contribution >= 0.6 is 0 Å². The molecule has 2 unspecified atom stereocenters. The largest absolute Gasteiger partial charge is 0.508 e. The maximum absolute atomic E-state index is 9.79. The van der Waals surface area contributed by atoms with Gasteiger partial charge < -0.3 is 9.52 Å².